The van der Waals surface area contributed by atoms with Crippen molar-refractivity contribution in [3.8, 4) is 12.3 Å². The van der Waals surface area contributed by atoms with Crippen LogP contribution in [0.3, 0.4) is 0 Å². The highest BCUT2D eigenvalue weighted by molar-refractivity contribution is 9.10. The largest absolute Gasteiger partial charge is 0.270 e. The van der Waals surface area contributed by atoms with E-state index < -0.39 is 6.04 Å². The highest BCUT2D eigenvalue weighted by Crippen LogP contribution is 2.23. The molecule has 68 valence electrons. The fraction of sp³-hybridized carbons (Fsp3) is 0.111. The first kappa shape index (κ1) is 10.2. The lowest BCUT2D eigenvalue weighted by molar-refractivity contribution is 0.621. The Labute approximate surface area is 84.4 Å². The van der Waals surface area contributed by atoms with Crippen LogP contribution in [0.25, 0.3) is 0 Å². The molecular formula is C9H8BrFN2. The van der Waals surface area contributed by atoms with Crippen LogP contribution in [0.15, 0.2) is 22.7 Å². The van der Waals surface area contributed by atoms with Crippen LogP contribution in [0.1, 0.15) is 11.6 Å². The van der Waals surface area contributed by atoms with Crippen LogP contribution in [0.2, 0.25) is 0 Å². The molecule has 0 fully saturated rings. The normalized spacial score (nSPS) is 12.2. The number of hydrazine groups is 1. The molecule has 0 aliphatic heterocycles. The van der Waals surface area contributed by atoms with E-state index >= 15 is 0 Å². The van der Waals surface area contributed by atoms with Crippen LogP contribution in [0, 0.1) is 18.2 Å². The number of terminal acetylenes is 1. The summed E-state index contributed by atoms with van der Waals surface area (Å²) in [7, 11) is 0. The molecule has 4 heteroatoms. The molecule has 0 aliphatic rings. The third-order valence-electron chi connectivity index (χ3n) is 1.61. The molecule has 0 aromatic heterocycles. The summed E-state index contributed by atoms with van der Waals surface area (Å²) in [6.45, 7) is 0. The molecule has 1 atom stereocenters. The first-order valence-electron chi connectivity index (χ1n) is 3.56. The summed E-state index contributed by atoms with van der Waals surface area (Å²) in [4.78, 5) is 0. The number of nitrogens with one attached hydrogen (secondary N) is 1. The molecule has 2 nitrogen and oxygen atoms in total. The summed E-state index contributed by atoms with van der Waals surface area (Å²) in [5.74, 6) is 7.34. The molecule has 0 amide bonds. The quantitative estimate of drug-likeness (QED) is 0.471. The van der Waals surface area contributed by atoms with Gasteiger partial charge in [-0.25, -0.2) is 9.82 Å². The van der Waals surface area contributed by atoms with Gasteiger partial charge in [-0.1, -0.05) is 27.9 Å². The molecule has 0 spiro atoms. The van der Waals surface area contributed by atoms with Crippen LogP contribution in [0.5, 0.6) is 0 Å². The monoisotopic (exact) mass is 242 g/mol. The summed E-state index contributed by atoms with van der Waals surface area (Å²) >= 11 is 3.20. The van der Waals surface area contributed by atoms with E-state index in [1.807, 2.05) is 0 Å². The third kappa shape index (κ3) is 2.28. The topological polar surface area (TPSA) is 38.0 Å². The molecular weight excluding hydrogens is 235 g/mol. The van der Waals surface area contributed by atoms with Gasteiger partial charge < -0.3 is 0 Å². The lowest BCUT2D eigenvalue weighted by Crippen LogP contribution is -2.27. The number of nitrogens with two attached hydrogens (primary N) is 1. The van der Waals surface area contributed by atoms with E-state index in [0.29, 0.717) is 4.47 Å². The number of hydrogen-bond acceptors (Lipinski definition) is 2. The maximum Gasteiger partial charge on any atom is 0.124 e. The van der Waals surface area contributed by atoms with Crippen molar-refractivity contribution in [1.29, 1.82) is 0 Å². The Balaban J connectivity index is 3.09. The van der Waals surface area contributed by atoms with Gasteiger partial charge >= 0.3 is 0 Å². The highest BCUT2D eigenvalue weighted by atomic mass is 79.9. The van der Waals surface area contributed by atoms with Gasteiger partial charge in [0.2, 0.25) is 0 Å². The van der Waals surface area contributed by atoms with Gasteiger partial charge in [0.1, 0.15) is 11.9 Å². The van der Waals surface area contributed by atoms with Gasteiger partial charge in [0.05, 0.1) is 0 Å². The van der Waals surface area contributed by atoms with Crippen molar-refractivity contribution in [2.75, 3.05) is 0 Å². The van der Waals surface area contributed by atoms with Gasteiger partial charge in [-0.15, -0.1) is 6.42 Å². The Kier molecular flexibility index (Phi) is 3.43. The molecule has 1 aromatic carbocycles. The zero-order chi connectivity index (χ0) is 9.84. The summed E-state index contributed by atoms with van der Waals surface area (Å²) in [6, 6.07) is 3.86. The summed E-state index contributed by atoms with van der Waals surface area (Å²) < 4.78 is 13.3. The maximum absolute atomic E-state index is 12.7. The Morgan fingerprint density at radius 1 is 1.62 bits per heavy atom. The van der Waals surface area contributed by atoms with E-state index in [0.717, 1.165) is 5.56 Å². The lowest BCUT2D eigenvalue weighted by Gasteiger charge is -2.11. The predicted molar refractivity (Wildman–Crippen MR) is 53.0 cm³/mol. The standard InChI is InChI=1S/C9H8BrFN2/c1-2-9(13-12)7-4-3-6(11)5-8(7)10/h1,3-5,9,13H,12H2. The van der Waals surface area contributed by atoms with Crippen molar-refractivity contribution in [2.24, 2.45) is 5.84 Å². The van der Waals surface area contributed by atoms with Gasteiger partial charge in [-0.3, -0.25) is 5.84 Å². The first-order chi connectivity index (χ1) is 6.19. The molecule has 1 rings (SSSR count). The van der Waals surface area contributed by atoms with Crippen LogP contribution >= 0.6 is 15.9 Å². The number of halogens is 2. The van der Waals surface area contributed by atoms with Crippen molar-refractivity contribution in [2.45, 2.75) is 6.04 Å². The highest BCUT2D eigenvalue weighted by Gasteiger charge is 2.09. The molecule has 1 aromatic rings. The van der Waals surface area contributed by atoms with Crippen molar-refractivity contribution in [3.05, 3.63) is 34.1 Å². The zero-order valence-electron chi connectivity index (χ0n) is 6.72. The SMILES string of the molecule is C#CC(NN)c1ccc(F)cc1Br. The molecule has 0 saturated heterocycles. The second-order valence-corrected chi connectivity index (χ2v) is 3.29. The molecule has 3 N–H and O–H groups in total. The van der Waals surface area contributed by atoms with Gasteiger partial charge in [0.25, 0.3) is 0 Å². The first-order valence-corrected chi connectivity index (χ1v) is 4.35. The van der Waals surface area contributed by atoms with E-state index in [-0.39, 0.29) is 5.82 Å². The minimum Gasteiger partial charge on any atom is -0.270 e. The van der Waals surface area contributed by atoms with E-state index in [9.17, 15) is 4.39 Å². The lowest BCUT2D eigenvalue weighted by atomic mass is 10.1. The molecule has 0 radical (unpaired) electrons. The molecule has 0 aliphatic carbocycles. The molecule has 0 saturated carbocycles. The van der Waals surface area contributed by atoms with Crippen molar-refractivity contribution in [3.63, 3.8) is 0 Å². The molecule has 0 heterocycles. The number of benzene rings is 1. The fourth-order valence-electron chi connectivity index (χ4n) is 0.963. The Hall–Kier alpha value is -0.890. The van der Waals surface area contributed by atoms with E-state index in [1.165, 1.54) is 12.1 Å². The number of hydrogen-bond donors (Lipinski definition) is 2. The average molecular weight is 243 g/mol. The van der Waals surface area contributed by atoms with Gasteiger partial charge in [-0.05, 0) is 17.7 Å². The number of rotatable bonds is 2. The second kappa shape index (κ2) is 4.38. The van der Waals surface area contributed by atoms with Crippen LogP contribution < -0.4 is 11.3 Å². The smallest absolute Gasteiger partial charge is 0.124 e. The Bertz CT molecular complexity index is 346. The van der Waals surface area contributed by atoms with Crippen molar-refractivity contribution >= 4 is 15.9 Å². The fourth-order valence-corrected chi connectivity index (χ4v) is 1.54. The van der Waals surface area contributed by atoms with Gasteiger partial charge in [0, 0.05) is 4.47 Å². The van der Waals surface area contributed by atoms with Crippen molar-refractivity contribution < 1.29 is 4.39 Å². The second-order valence-electron chi connectivity index (χ2n) is 2.43. The Morgan fingerprint density at radius 3 is 2.77 bits per heavy atom. The summed E-state index contributed by atoms with van der Waals surface area (Å²) in [5, 5.41) is 0. The van der Waals surface area contributed by atoms with Gasteiger partial charge in [0.15, 0.2) is 0 Å². The zero-order valence-corrected chi connectivity index (χ0v) is 8.31. The average Bonchev–Trinajstić information content (AvgIpc) is 2.10. The minimum absolute atomic E-state index is 0.316. The Morgan fingerprint density at radius 2 is 2.31 bits per heavy atom. The molecule has 1 unspecified atom stereocenters. The molecule has 13 heavy (non-hydrogen) atoms. The van der Waals surface area contributed by atoms with Crippen LogP contribution in [-0.4, -0.2) is 0 Å². The third-order valence-corrected chi connectivity index (χ3v) is 2.29. The van der Waals surface area contributed by atoms with Crippen LogP contribution in [0.4, 0.5) is 4.39 Å². The minimum atomic E-state index is -0.407. The summed E-state index contributed by atoms with van der Waals surface area (Å²) in [6.07, 6.45) is 5.22. The summed E-state index contributed by atoms with van der Waals surface area (Å²) in [5.41, 5.74) is 3.18. The predicted octanol–water partition coefficient (Wildman–Crippen LogP) is 1.73. The molecule has 0 bridgehead atoms. The van der Waals surface area contributed by atoms with E-state index in [2.05, 4.69) is 27.3 Å². The van der Waals surface area contributed by atoms with Gasteiger partial charge in [-0.2, -0.15) is 0 Å². The van der Waals surface area contributed by atoms with Crippen LogP contribution in [-0.2, 0) is 0 Å². The van der Waals surface area contributed by atoms with Crippen molar-refractivity contribution in [1.82, 2.24) is 5.43 Å². The maximum atomic E-state index is 12.7. The van der Waals surface area contributed by atoms with E-state index in [4.69, 9.17) is 12.3 Å². The van der Waals surface area contributed by atoms with E-state index in [1.54, 1.807) is 6.07 Å².